The van der Waals surface area contributed by atoms with E-state index in [-0.39, 0.29) is 5.69 Å². The third-order valence-corrected chi connectivity index (χ3v) is 3.60. The van der Waals surface area contributed by atoms with Crippen molar-refractivity contribution < 1.29 is 9.66 Å². The van der Waals surface area contributed by atoms with Crippen molar-refractivity contribution in [1.29, 1.82) is 0 Å². The van der Waals surface area contributed by atoms with Crippen LogP contribution in [0.1, 0.15) is 0 Å². The molecule has 0 radical (unpaired) electrons. The van der Waals surface area contributed by atoms with E-state index >= 15 is 0 Å². The highest BCUT2D eigenvalue weighted by molar-refractivity contribution is 5.50. The molecule has 0 aromatic heterocycles. The quantitative estimate of drug-likeness (QED) is 0.694. The SMILES string of the molecule is O=[N+]([O-])c1ccc(Oc2ccc(N3CCNCC3)cc2)cc1. The van der Waals surface area contributed by atoms with Crippen molar-refractivity contribution in [3.8, 4) is 11.5 Å². The average Bonchev–Trinajstić information content (AvgIpc) is 2.57. The van der Waals surface area contributed by atoms with Gasteiger partial charge in [0.1, 0.15) is 11.5 Å². The molecule has 1 N–H and O–H groups in total. The zero-order valence-electron chi connectivity index (χ0n) is 12.1. The van der Waals surface area contributed by atoms with Crippen molar-refractivity contribution >= 4 is 11.4 Å². The number of nitrogens with zero attached hydrogens (tertiary/aromatic N) is 2. The van der Waals surface area contributed by atoms with Crippen LogP contribution >= 0.6 is 0 Å². The Morgan fingerprint density at radius 3 is 2.05 bits per heavy atom. The number of ether oxygens (including phenoxy) is 1. The van der Waals surface area contributed by atoms with Crippen LogP contribution in [0, 0.1) is 10.1 Å². The Bertz CT molecular complexity index is 635. The lowest BCUT2D eigenvalue weighted by Gasteiger charge is -2.29. The second-order valence-corrected chi connectivity index (χ2v) is 5.08. The molecule has 2 aromatic rings. The van der Waals surface area contributed by atoms with Gasteiger partial charge in [0, 0.05) is 44.0 Å². The molecule has 0 amide bonds. The standard InChI is InChI=1S/C16H17N3O3/c20-19(21)14-3-7-16(8-4-14)22-15-5-1-13(2-6-15)18-11-9-17-10-12-18/h1-8,17H,9-12H2. The summed E-state index contributed by atoms with van der Waals surface area (Å²) in [4.78, 5) is 12.5. The minimum atomic E-state index is -0.425. The van der Waals surface area contributed by atoms with Crippen LogP contribution in [0.2, 0.25) is 0 Å². The van der Waals surface area contributed by atoms with Crippen LogP contribution in [0.25, 0.3) is 0 Å². The fourth-order valence-electron chi connectivity index (χ4n) is 2.42. The summed E-state index contributed by atoms with van der Waals surface area (Å²) in [5, 5.41) is 13.9. The predicted octanol–water partition coefficient (Wildman–Crippen LogP) is 2.80. The van der Waals surface area contributed by atoms with Gasteiger partial charge in [-0.25, -0.2) is 0 Å². The Hall–Kier alpha value is -2.60. The molecular weight excluding hydrogens is 282 g/mol. The van der Waals surface area contributed by atoms with Crippen LogP contribution in [0.4, 0.5) is 11.4 Å². The van der Waals surface area contributed by atoms with Gasteiger partial charge in [-0.1, -0.05) is 0 Å². The Morgan fingerprint density at radius 1 is 0.955 bits per heavy atom. The molecule has 0 atom stereocenters. The van der Waals surface area contributed by atoms with Crippen LogP contribution in [-0.4, -0.2) is 31.1 Å². The first-order valence-electron chi connectivity index (χ1n) is 7.20. The van der Waals surface area contributed by atoms with Gasteiger partial charge in [0.05, 0.1) is 4.92 Å². The molecule has 1 aliphatic rings. The van der Waals surface area contributed by atoms with Gasteiger partial charge < -0.3 is 15.0 Å². The van der Waals surface area contributed by atoms with E-state index in [0.717, 1.165) is 26.2 Å². The second-order valence-electron chi connectivity index (χ2n) is 5.08. The molecule has 3 rings (SSSR count). The number of benzene rings is 2. The molecule has 1 aliphatic heterocycles. The molecule has 6 nitrogen and oxygen atoms in total. The lowest BCUT2D eigenvalue weighted by atomic mass is 10.2. The largest absolute Gasteiger partial charge is 0.457 e. The normalized spacial score (nSPS) is 14.6. The predicted molar refractivity (Wildman–Crippen MR) is 84.7 cm³/mol. The smallest absolute Gasteiger partial charge is 0.269 e. The molecule has 1 saturated heterocycles. The van der Waals surface area contributed by atoms with Gasteiger partial charge in [-0.15, -0.1) is 0 Å². The van der Waals surface area contributed by atoms with Gasteiger partial charge >= 0.3 is 0 Å². The summed E-state index contributed by atoms with van der Waals surface area (Å²) < 4.78 is 5.70. The lowest BCUT2D eigenvalue weighted by Crippen LogP contribution is -2.43. The van der Waals surface area contributed by atoms with Crippen molar-refractivity contribution in [3.05, 3.63) is 58.6 Å². The third-order valence-electron chi connectivity index (χ3n) is 3.60. The molecule has 1 heterocycles. The summed E-state index contributed by atoms with van der Waals surface area (Å²) in [6.07, 6.45) is 0. The first-order chi connectivity index (χ1) is 10.7. The number of piperazine rings is 1. The molecule has 1 fully saturated rings. The minimum absolute atomic E-state index is 0.0569. The molecule has 0 bridgehead atoms. The minimum Gasteiger partial charge on any atom is -0.457 e. The number of nitrogens with one attached hydrogen (secondary N) is 1. The van der Waals surface area contributed by atoms with E-state index in [2.05, 4.69) is 10.2 Å². The van der Waals surface area contributed by atoms with E-state index in [1.807, 2.05) is 24.3 Å². The van der Waals surface area contributed by atoms with Gasteiger partial charge in [0.15, 0.2) is 0 Å². The number of nitro benzene ring substituents is 1. The molecule has 0 aliphatic carbocycles. The van der Waals surface area contributed by atoms with Crippen molar-refractivity contribution in [2.24, 2.45) is 0 Å². The average molecular weight is 299 g/mol. The van der Waals surface area contributed by atoms with Crippen molar-refractivity contribution in [2.45, 2.75) is 0 Å². The van der Waals surface area contributed by atoms with E-state index in [0.29, 0.717) is 11.5 Å². The van der Waals surface area contributed by atoms with Crippen LogP contribution in [0.5, 0.6) is 11.5 Å². The third kappa shape index (κ3) is 3.35. The Balaban J connectivity index is 1.66. The van der Waals surface area contributed by atoms with Crippen LogP contribution in [0.3, 0.4) is 0 Å². The van der Waals surface area contributed by atoms with Crippen molar-refractivity contribution in [3.63, 3.8) is 0 Å². The maximum atomic E-state index is 10.6. The number of nitro groups is 1. The highest BCUT2D eigenvalue weighted by Crippen LogP contribution is 2.26. The van der Waals surface area contributed by atoms with Gasteiger partial charge in [0.25, 0.3) is 5.69 Å². The lowest BCUT2D eigenvalue weighted by molar-refractivity contribution is -0.384. The van der Waals surface area contributed by atoms with Gasteiger partial charge in [-0.05, 0) is 36.4 Å². The highest BCUT2D eigenvalue weighted by Gasteiger charge is 2.10. The Labute approximate surface area is 128 Å². The van der Waals surface area contributed by atoms with Crippen molar-refractivity contribution in [2.75, 3.05) is 31.1 Å². The maximum Gasteiger partial charge on any atom is 0.269 e. The Kier molecular flexibility index (Phi) is 4.20. The zero-order chi connectivity index (χ0) is 15.4. The van der Waals surface area contributed by atoms with Gasteiger partial charge in [0.2, 0.25) is 0 Å². The summed E-state index contributed by atoms with van der Waals surface area (Å²) in [7, 11) is 0. The van der Waals surface area contributed by atoms with Crippen LogP contribution in [-0.2, 0) is 0 Å². The monoisotopic (exact) mass is 299 g/mol. The molecule has 114 valence electrons. The zero-order valence-corrected chi connectivity index (χ0v) is 12.1. The van der Waals surface area contributed by atoms with Gasteiger partial charge in [-0.3, -0.25) is 10.1 Å². The molecular formula is C16H17N3O3. The summed E-state index contributed by atoms with van der Waals surface area (Å²) >= 11 is 0. The van der Waals surface area contributed by atoms with Crippen molar-refractivity contribution in [1.82, 2.24) is 5.32 Å². The molecule has 6 heteroatoms. The highest BCUT2D eigenvalue weighted by atomic mass is 16.6. The second kappa shape index (κ2) is 6.44. The number of non-ortho nitro benzene ring substituents is 1. The van der Waals surface area contributed by atoms with Crippen LogP contribution < -0.4 is 15.0 Å². The molecule has 22 heavy (non-hydrogen) atoms. The van der Waals surface area contributed by atoms with Crippen LogP contribution in [0.15, 0.2) is 48.5 Å². The topological polar surface area (TPSA) is 67.6 Å². The fourth-order valence-corrected chi connectivity index (χ4v) is 2.42. The van der Waals surface area contributed by atoms with Gasteiger partial charge in [-0.2, -0.15) is 0 Å². The summed E-state index contributed by atoms with van der Waals surface area (Å²) in [6, 6.07) is 14.0. The summed E-state index contributed by atoms with van der Waals surface area (Å²) in [6.45, 7) is 4.01. The first kappa shape index (κ1) is 14.3. The Morgan fingerprint density at radius 2 is 1.50 bits per heavy atom. The fraction of sp³-hybridized carbons (Fsp3) is 0.250. The number of rotatable bonds is 4. The number of hydrogen-bond donors (Lipinski definition) is 1. The van der Waals surface area contributed by atoms with E-state index in [1.54, 1.807) is 12.1 Å². The maximum absolute atomic E-state index is 10.6. The molecule has 0 saturated carbocycles. The van der Waals surface area contributed by atoms with E-state index in [9.17, 15) is 10.1 Å². The molecule has 0 spiro atoms. The number of hydrogen-bond acceptors (Lipinski definition) is 5. The first-order valence-corrected chi connectivity index (χ1v) is 7.20. The molecule has 2 aromatic carbocycles. The number of anilines is 1. The van der Waals surface area contributed by atoms with E-state index in [1.165, 1.54) is 17.8 Å². The van der Waals surface area contributed by atoms with E-state index < -0.39 is 4.92 Å². The molecule has 0 unspecified atom stereocenters. The summed E-state index contributed by atoms with van der Waals surface area (Å²) in [5.41, 5.74) is 1.24. The van der Waals surface area contributed by atoms with E-state index in [4.69, 9.17) is 4.74 Å². The summed E-state index contributed by atoms with van der Waals surface area (Å²) in [5.74, 6) is 1.30.